The standard InChI is InChI=1S/C13H19N3O4S/c1-13(2)7-4-8-15(13)21(19,20)12-9-10(14-3)5-6-11(12)16(17)18/h5-6,9,14H,4,7-8H2,1-3H3. The van der Waals surface area contributed by atoms with Crippen molar-refractivity contribution in [2.24, 2.45) is 0 Å². The first kappa shape index (κ1) is 15.7. The second-order valence-corrected chi connectivity index (χ2v) is 7.51. The Kier molecular flexibility index (Phi) is 3.94. The molecule has 1 aromatic carbocycles. The molecule has 21 heavy (non-hydrogen) atoms. The lowest BCUT2D eigenvalue weighted by Gasteiger charge is -2.30. The van der Waals surface area contributed by atoms with Crippen LogP contribution in [0.2, 0.25) is 0 Å². The maximum Gasteiger partial charge on any atom is 0.289 e. The van der Waals surface area contributed by atoms with E-state index in [2.05, 4.69) is 5.32 Å². The molecule has 1 fully saturated rings. The molecule has 0 bridgehead atoms. The van der Waals surface area contributed by atoms with Crippen molar-refractivity contribution < 1.29 is 13.3 Å². The van der Waals surface area contributed by atoms with Crippen LogP contribution in [0.3, 0.4) is 0 Å². The van der Waals surface area contributed by atoms with Crippen LogP contribution in [0.1, 0.15) is 26.7 Å². The zero-order valence-electron chi connectivity index (χ0n) is 12.3. The summed E-state index contributed by atoms with van der Waals surface area (Å²) in [5.74, 6) is 0. The smallest absolute Gasteiger partial charge is 0.289 e. The van der Waals surface area contributed by atoms with Crippen LogP contribution in [0, 0.1) is 10.1 Å². The molecule has 0 saturated carbocycles. The van der Waals surface area contributed by atoms with Gasteiger partial charge in [0.1, 0.15) is 0 Å². The van der Waals surface area contributed by atoms with Crippen molar-refractivity contribution in [1.82, 2.24) is 4.31 Å². The Balaban J connectivity index is 2.61. The van der Waals surface area contributed by atoms with E-state index in [0.717, 1.165) is 12.8 Å². The SMILES string of the molecule is CNc1ccc([N+](=O)[O-])c(S(=O)(=O)N2CCCC2(C)C)c1. The third-order valence-corrected chi connectivity index (χ3v) is 5.98. The van der Waals surface area contributed by atoms with Crippen molar-refractivity contribution in [1.29, 1.82) is 0 Å². The molecule has 1 aliphatic rings. The number of nitro groups is 1. The van der Waals surface area contributed by atoms with Gasteiger partial charge in [0, 0.05) is 30.9 Å². The predicted molar refractivity (Wildman–Crippen MR) is 79.8 cm³/mol. The van der Waals surface area contributed by atoms with Crippen molar-refractivity contribution in [3.63, 3.8) is 0 Å². The predicted octanol–water partition coefficient (Wildman–Crippen LogP) is 2.20. The van der Waals surface area contributed by atoms with Gasteiger partial charge < -0.3 is 5.32 Å². The molecule has 2 rings (SSSR count). The first-order chi connectivity index (χ1) is 9.70. The topological polar surface area (TPSA) is 92.5 Å². The third kappa shape index (κ3) is 2.73. The summed E-state index contributed by atoms with van der Waals surface area (Å²) in [6.07, 6.45) is 1.50. The van der Waals surface area contributed by atoms with E-state index < -0.39 is 26.2 Å². The number of nitrogens with one attached hydrogen (secondary N) is 1. The molecule has 0 spiro atoms. The van der Waals surface area contributed by atoms with E-state index in [1.165, 1.54) is 22.5 Å². The largest absolute Gasteiger partial charge is 0.388 e. The number of rotatable bonds is 4. The molecule has 7 nitrogen and oxygen atoms in total. The first-order valence-corrected chi connectivity index (χ1v) is 8.13. The molecule has 1 aromatic rings. The minimum absolute atomic E-state index is 0.255. The fourth-order valence-electron chi connectivity index (χ4n) is 2.67. The zero-order chi connectivity index (χ0) is 15.8. The lowest BCUT2D eigenvalue weighted by molar-refractivity contribution is -0.387. The van der Waals surface area contributed by atoms with Gasteiger partial charge in [0.05, 0.1) is 4.92 Å². The summed E-state index contributed by atoms with van der Waals surface area (Å²) in [7, 11) is -2.27. The normalized spacial score (nSPS) is 18.6. The summed E-state index contributed by atoms with van der Waals surface area (Å²) < 4.78 is 27.0. The Morgan fingerprint density at radius 3 is 2.52 bits per heavy atom. The van der Waals surface area contributed by atoms with Gasteiger partial charge in [-0.3, -0.25) is 10.1 Å². The summed E-state index contributed by atoms with van der Waals surface area (Å²) in [5, 5.41) is 14.0. The highest BCUT2D eigenvalue weighted by molar-refractivity contribution is 7.89. The van der Waals surface area contributed by atoms with E-state index in [1.807, 2.05) is 13.8 Å². The molecule has 0 unspecified atom stereocenters. The van der Waals surface area contributed by atoms with Crippen molar-refractivity contribution in [3.8, 4) is 0 Å². The van der Waals surface area contributed by atoms with Gasteiger partial charge in [-0.05, 0) is 38.8 Å². The summed E-state index contributed by atoms with van der Waals surface area (Å²) in [6, 6.07) is 4.04. The molecule has 1 heterocycles. The van der Waals surface area contributed by atoms with Gasteiger partial charge in [-0.15, -0.1) is 0 Å². The third-order valence-electron chi connectivity index (χ3n) is 3.84. The van der Waals surface area contributed by atoms with Gasteiger partial charge in [0.25, 0.3) is 5.69 Å². The van der Waals surface area contributed by atoms with Crippen LogP contribution >= 0.6 is 0 Å². The highest BCUT2D eigenvalue weighted by Gasteiger charge is 2.43. The zero-order valence-corrected chi connectivity index (χ0v) is 13.1. The van der Waals surface area contributed by atoms with Crippen LogP contribution in [0.25, 0.3) is 0 Å². The van der Waals surface area contributed by atoms with Crippen molar-refractivity contribution >= 4 is 21.4 Å². The Morgan fingerprint density at radius 1 is 1.38 bits per heavy atom. The van der Waals surface area contributed by atoms with Gasteiger partial charge in [0.2, 0.25) is 10.0 Å². The molecule has 0 atom stereocenters. The second-order valence-electron chi connectivity index (χ2n) is 5.68. The highest BCUT2D eigenvalue weighted by atomic mass is 32.2. The number of benzene rings is 1. The van der Waals surface area contributed by atoms with E-state index in [4.69, 9.17) is 0 Å². The first-order valence-electron chi connectivity index (χ1n) is 6.69. The molecule has 116 valence electrons. The second kappa shape index (κ2) is 5.27. The number of sulfonamides is 1. The van der Waals surface area contributed by atoms with Crippen molar-refractivity contribution in [2.75, 3.05) is 18.9 Å². The van der Waals surface area contributed by atoms with Crippen LogP contribution in [-0.4, -0.2) is 36.8 Å². The van der Waals surface area contributed by atoms with Crippen LogP contribution in [0.5, 0.6) is 0 Å². The van der Waals surface area contributed by atoms with E-state index >= 15 is 0 Å². The Labute approximate surface area is 124 Å². The number of nitrogens with zero attached hydrogens (tertiary/aromatic N) is 2. The molecule has 1 saturated heterocycles. The van der Waals surface area contributed by atoms with Gasteiger partial charge in [-0.25, -0.2) is 8.42 Å². The molecule has 0 aromatic heterocycles. The average molecular weight is 313 g/mol. The number of hydrogen-bond donors (Lipinski definition) is 1. The number of hydrogen-bond acceptors (Lipinski definition) is 5. The minimum atomic E-state index is -3.90. The number of nitro benzene ring substituents is 1. The Bertz CT molecular complexity index is 670. The van der Waals surface area contributed by atoms with Crippen LogP contribution in [0.15, 0.2) is 23.1 Å². The average Bonchev–Trinajstić information content (AvgIpc) is 2.78. The fraction of sp³-hybridized carbons (Fsp3) is 0.538. The van der Waals surface area contributed by atoms with Gasteiger partial charge >= 0.3 is 0 Å². The van der Waals surface area contributed by atoms with E-state index in [9.17, 15) is 18.5 Å². The molecular formula is C13H19N3O4S. The quantitative estimate of drug-likeness (QED) is 0.679. The Morgan fingerprint density at radius 2 is 2.05 bits per heavy atom. The van der Waals surface area contributed by atoms with E-state index in [-0.39, 0.29) is 4.90 Å². The lowest BCUT2D eigenvalue weighted by Crippen LogP contribution is -2.42. The summed E-state index contributed by atoms with van der Waals surface area (Å²) >= 11 is 0. The van der Waals surface area contributed by atoms with Crippen molar-refractivity contribution in [2.45, 2.75) is 37.1 Å². The molecule has 0 radical (unpaired) electrons. The van der Waals surface area contributed by atoms with E-state index in [1.54, 1.807) is 7.05 Å². The van der Waals surface area contributed by atoms with Crippen LogP contribution in [-0.2, 0) is 10.0 Å². The molecule has 0 amide bonds. The summed E-state index contributed by atoms with van der Waals surface area (Å²) in [5.41, 5.74) is -0.393. The molecule has 8 heteroatoms. The van der Waals surface area contributed by atoms with Crippen LogP contribution in [0.4, 0.5) is 11.4 Å². The fourth-order valence-corrected chi connectivity index (χ4v) is 4.71. The van der Waals surface area contributed by atoms with Gasteiger partial charge in [0.15, 0.2) is 4.90 Å². The molecule has 1 aliphatic heterocycles. The molecule has 1 N–H and O–H groups in total. The molecular weight excluding hydrogens is 294 g/mol. The van der Waals surface area contributed by atoms with Crippen molar-refractivity contribution in [3.05, 3.63) is 28.3 Å². The van der Waals surface area contributed by atoms with E-state index in [0.29, 0.717) is 12.2 Å². The highest BCUT2D eigenvalue weighted by Crippen LogP contribution is 2.37. The lowest BCUT2D eigenvalue weighted by atomic mass is 10.0. The number of anilines is 1. The minimum Gasteiger partial charge on any atom is -0.388 e. The summed E-state index contributed by atoms with van der Waals surface area (Å²) in [4.78, 5) is 10.2. The van der Waals surface area contributed by atoms with Crippen LogP contribution < -0.4 is 5.32 Å². The monoisotopic (exact) mass is 313 g/mol. The maximum absolute atomic E-state index is 12.8. The summed E-state index contributed by atoms with van der Waals surface area (Å²) in [6.45, 7) is 4.06. The maximum atomic E-state index is 12.8. The molecule has 0 aliphatic carbocycles. The van der Waals surface area contributed by atoms with Gasteiger partial charge in [-0.1, -0.05) is 0 Å². The van der Waals surface area contributed by atoms with Gasteiger partial charge in [-0.2, -0.15) is 4.31 Å². The Hall–Kier alpha value is -1.67.